The van der Waals surface area contributed by atoms with Gasteiger partial charge in [0, 0.05) is 41.6 Å². The molecule has 0 bridgehead atoms. The summed E-state index contributed by atoms with van der Waals surface area (Å²) in [6.45, 7) is 3.14. The number of nitrogens with zero attached hydrogens (tertiary/aromatic N) is 5. The molecule has 1 atom stereocenters. The van der Waals surface area contributed by atoms with E-state index in [0.717, 1.165) is 39.4 Å². The van der Waals surface area contributed by atoms with Crippen LogP contribution in [-0.4, -0.2) is 31.6 Å². The summed E-state index contributed by atoms with van der Waals surface area (Å²) >= 11 is 16.3. The van der Waals surface area contributed by atoms with E-state index in [9.17, 15) is 0 Å². The van der Waals surface area contributed by atoms with Crippen molar-refractivity contribution in [3.05, 3.63) is 68.9 Å². The largest absolute Gasteiger partial charge is 0.369 e. The first-order valence-corrected chi connectivity index (χ1v) is 13.3. The zero-order chi connectivity index (χ0) is 24.5. The van der Waals surface area contributed by atoms with Gasteiger partial charge in [0.1, 0.15) is 23.1 Å². The summed E-state index contributed by atoms with van der Waals surface area (Å²) in [6, 6.07) is 9.89. The molecular weight excluding hydrogens is 549 g/mol. The lowest BCUT2D eigenvalue weighted by Crippen LogP contribution is -2.21. The summed E-state index contributed by atoms with van der Waals surface area (Å²) in [4.78, 5) is 18.4. The Morgan fingerprint density at radius 2 is 1.86 bits per heavy atom. The molecule has 6 nitrogen and oxygen atoms in total. The number of imidazole rings is 1. The first-order valence-electron chi connectivity index (χ1n) is 11.8. The Hall–Kier alpha value is -2.06. The molecule has 5 rings (SSSR count). The summed E-state index contributed by atoms with van der Waals surface area (Å²) in [5.41, 5.74) is 3.79. The third-order valence-electron chi connectivity index (χ3n) is 6.82. The quantitative estimate of drug-likeness (QED) is 0.223. The van der Waals surface area contributed by atoms with Gasteiger partial charge < -0.3 is 9.30 Å². The Labute approximate surface area is 223 Å². The van der Waals surface area contributed by atoms with E-state index in [0.29, 0.717) is 22.3 Å². The number of hydrogen-bond donors (Lipinski definition) is 0. The number of hydrogen-bond acceptors (Lipinski definition) is 5. The van der Waals surface area contributed by atoms with Crippen LogP contribution < -0.4 is 0 Å². The second-order valence-electron chi connectivity index (χ2n) is 9.25. The van der Waals surface area contributed by atoms with Crippen LogP contribution in [0.15, 0.2) is 47.2 Å². The normalized spacial score (nSPS) is 19.2. The molecule has 0 amide bonds. The Kier molecular flexibility index (Phi) is 7.39. The number of aromatic nitrogens is 5. The van der Waals surface area contributed by atoms with Crippen LogP contribution in [0.1, 0.15) is 50.1 Å². The standard InChI is InChI=1S/C26H26BrCl2N5O/c1-15-7-9-16(10-8-15)14-34-22-21(17-11-18(28)13-30-12-17)31-26(29)33-24(22)32-25(34)23(35-2)19-5-3-4-6-20(19)27/h3-6,11-13,15-16,23H,7-10,14H2,1-2H3. The van der Waals surface area contributed by atoms with Crippen LogP contribution in [0.25, 0.3) is 22.4 Å². The molecule has 0 radical (unpaired) electrons. The summed E-state index contributed by atoms with van der Waals surface area (Å²) in [7, 11) is 1.70. The van der Waals surface area contributed by atoms with Crippen LogP contribution in [0.2, 0.25) is 10.3 Å². The van der Waals surface area contributed by atoms with Gasteiger partial charge in [-0.2, -0.15) is 4.98 Å². The molecule has 0 saturated heterocycles. The molecular formula is C26H26BrCl2N5O. The van der Waals surface area contributed by atoms with Gasteiger partial charge in [-0.1, -0.05) is 65.5 Å². The van der Waals surface area contributed by atoms with E-state index < -0.39 is 6.10 Å². The van der Waals surface area contributed by atoms with Crippen LogP contribution in [0.5, 0.6) is 0 Å². The van der Waals surface area contributed by atoms with Crippen molar-refractivity contribution in [2.75, 3.05) is 7.11 Å². The second kappa shape index (κ2) is 10.5. The smallest absolute Gasteiger partial charge is 0.225 e. The van der Waals surface area contributed by atoms with E-state index in [-0.39, 0.29) is 5.28 Å². The maximum atomic E-state index is 6.38. The van der Waals surface area contributed by atoms with E-state index in [2.05, 4.69) is 42.4 Å². The minimum atomic E-state index is -0.397. The number of rotatable bonds is 6. The second-order valence-corrected chi connectivity index (χ2v) is 10.9. The van der Waals surface area contributed by atoms with Gasteiger partial charge in [-0.3, -0.25) is 4.98 Å². The Bertz CT molecular complexity index is 1350. The van der Waals surface area contributed by atoms with Crippen LogP contribution in [0.4, 0.5) is 0 Å². The predicted molar refractivity (Wildman–Crippen MR) is 143 cm³/mol. The van der Waals surface area contributed by atoms with E-state index in [1.165, 1.54) is 25.7 Å². The van der Waals surface area contributed by atoms with Crippen molar-refractivity contribution in [1.82, 2.24) is 24.5 Å². The molecule has 0 N–H and O–H groups in total. The highest BCUT2D eigenvalue weighted by atomic mass is 79.9. The fourth-order valence-corrected chi connectivity index (χ4v) is 5.81. The monoisotopic (exact) mass is 573 g/mol. The van der Waals surface area contributed by atoms with Gasteiger partial charge in [-0.05, 0) is 48.4 Å². The number of fused-ring (bicyclic) bond motifs is 1. The molecule has 9 heteroatoms. The summed E-state index contributed by atoms with van der Waals surface area (Å²) in [5.74, 6) is 2.08. The van der Waals surface area contributed by atoms with Crippen molar-refractivity contribution in [2.24, 2.45) is 11.8 Å². The van der Waals surface area contributed by atoms with Crippen molar-refractivity contribution in [1.29, 1.82) is 0 Å². The first-order chi connectivity index (χ1) is 16.9. The zero-order valence-corrected chi connectivity index (χ0v) is 22.7. The maximum Gasteiger partial charge on any atom is 0.225 e. The van der Waals surface area contributed by atoms with Gasteiger partial charge in [0.05, 0.1) is 5.02 Å². The summed E-state index contributed by atoms with van der Waals surface area (Å²) in [6.07, 6.45) is 7.77. The fraction of sp³-hybridized carbons (Fsp3) is 0.385. The lowest BCUT2D eigenvalue weighted by atomic mass is 9.83. The van der Waals surface area contributed by atoms with Gasteiger partial charge in [0.25, 0.3) is 0 Å². The van der Waals surface area contributed by atoms with Crippen LogP contribution in [-0.2, 0) is 11.3 Å². The van der Waals surface area contributed by atoms with Crippen LogP contribution in [0, 0.1) is 11.8 Å². The molecule has 0 spiro atoms. The molecule has 35 heavy (non-hydrogen) atoms. The molecule has 1 aliphatic carbocycles. The average molecular weight is 575 g/mol. The van der Waals surface area contributed by atoms with Gasteiger partial charge >= 0.3 is 0 Å². The van der Waals surface area contributed by atoms with Gasteiger partial charge in [-0.15, -0.1) is 0 Å². The highest BCUT2D eigenvalue weighted by molar-refractivity contribution is 9.10. The van der Waals surface area contributed by atoms with Crippen molar-refractivity contribution >= 4 is 50.3 Å². The molecule has 1 unspecified atom stereocenters. The van der Waals surface area contributed by atoms with E-state index in [4.69, 9.17) is 32.9 Å². The average Bonchev–Trinajstić information content (AvgIpc) is 3.19. The maximum absolute atomic E-state index is 6.38. The van der Waals surface area contributed by atoms with Gasteiger partial charge in [0.2, 0.25) is 5.28 Å². The van der Waals surface area contributed by atoms with E-state index in [1.54, 1.807) is 19.5 Å². The SMILES string of the molecule is COC(c1ccccc1Br)c1nc2nc(Cl)nc(-c3cncc(Cl)c3)c2n1CC1CCC(C)CC1. The van der Waals surface area contributed by atoms with Crippen molar-refractivity contribution in [3.8, 4) is 11.3 Å². The predicted octanol–water partition coefficient (Wildman–Crippen LogP) is 7.52. The molecule has 1 fully saturated rings. The van der Waals surface area contributed by atoms with E-state index >= 15 is 0 Å². The highest BCUT2D eigenvalue weighted by Gasteiger charge is 2.29. The van der Waals surface area contributed by atoms with Gasteiger partial charge in [0.15, 0.2) is 5.65 Å². The third-order valence-corrected chi connectivity index (χ3v) is 7.92. The molecule has 0 aliphatic heterocycles. The molecule has 1 aromatic carbocycles. The number of pyridine rings is 1. The summed E-state index contributed by atoms with van der Waals surface area (Å²) in [5, 5.41) is 0.658. The molecule has 3 heterocycles. The lowest BCUT2D eigenvalue weighted by Gasteiger charge is -2.28. The van der Waals surface area contributed by atoms with Crippen molar-refractivity contribution < 1.29 is 4.74 Å². The Balaban J connectivity index is 1.73. The number of methoxy groups -OCH3 is 1. The lowest BCUT2D eigenvalue weighted by molar-refractivity contribution is 0.123. The highest BCUT2D eigenvalue weighted by Crippen LogP contribution is 2.38. The molecule has 3 aromatic heterocycles. The molecule has 182 valence electrons. The minimum Gasteiger partial charge on any atom is -0.369 e. The van der Waals surface area contributed by atoms with Crippen LogP contribution >= 0.6 is 39.1 Å². The molecule has 4 aromatic rings. The zero-order valence-electron chi connectivity index (χ0n) is 19.6. The van der Waals surface area contributed by atoms with Gasteiger partial charge in [-0.25, -0.2) is 9.97 Å². The number of benzene rings is 1. The molecule has 1 saturated carbocycles. The summed E-state index contributed by atoms with van der Waals surface area (Å²) < 4.78 is 9.24. The minimum absolute atomic E-state index is 0.130. The van der Waals surface area contributed by atoms with Crippen molar-refractivity contribution in [2.45, 2.75) is 45.3 Å². The Morgan fingerprint density at radius 1 is 1.09 bits per heavy atom. The third kappa shape index (κ3) is 5.10. The first kappa shape index (κ1) is 24.6. The number of halogens is 3. The van der Waals surface area contributed by atoms with E-state index in [1.807, 2.05) is 30.3 Å². The fourth-order valence-electron chi connectivity index (χ4n) is 4.98. The Morgan fingerprint density at radius 3 is 2.57 bits per heavy atom. The molecule has 1 aliphatic rings. The number of ether oxygens (including phenoxy) is 1. The van der Waals surface area contributed by atoms with Crippen LogP contribution in [0.3, 0.4) is 0 Å². The van der Waals surface area contributed by atoms with Crippen molar-refractivity contribution in [3.63, 3.8) is 0 Å². The topological polar surface area (TPSA) is 65.7 Å².